The molecule has 1 aliphatic carbocycles. The van der Waals surface area contributed by atoms with E-state index >= 15 is 0 Å². The summed E-state index contributed by atoms with van der Waals surface area (Å²) in [5.74, 6) is 1.41. The molecule has 134 valence electrons. The quantitative estimate of drug-likeness (QED) is 0.804. The summed E-state index contributed by atoms with van der Waals surface area (Å²) < 4.78 is 10.7. The molecule has 5 heteroatoms. The molecule has 1 aromatic rings. The molecule has 2 rings (SSSR count). The maximum atomic E-state index is 10.8. The molecule has 0 aliphatic heterocycles. The number of nitrogens with one attached hydrogen (secondary N) is 1. The summed E-state index contributed by atoms with van der Waals surface area (Å²) in [5, 5.41) is 3.67. The second kappa shape index (κ2) is 7.88. The number of hydrogen-bond donors (Lipinski definition) is 2. The van der Waals surface area contributed by atoms with Crippen LogP contribution in [0, 0.1) is 11.3 Å². The number of primary amides is 1. The molecule has 0 saturated heterocycles. The SMILES string of the molecule is COc1cc(CNC2CC(C)CC(C)(C)C2)ccc1OCC(N)=O. The summed E-state index contributed by atoms with van der Waals surface area (Å²) in [5.41, 5.74) is 6.65. The van der Waals surface area contributed by atoms with Gasteiger partial charge in [0, 0.05) is 12.6 Å². The first-order valence-electron chi connectivity index (χ1n) is 8.60. The summed E-state index contributed by atoms with van der Waals surface area (Å²) in [7, 11) is 1.59. The van der Waals surface area contributed by atoms with E-state index in [-0.39, 0.29) is 6.61 Å². The minimum absolute atomic E-state index is 0.150. The van der Waals surface area contributed by atoms with Crippen molar-refractivity contribution in [3.8, 4) is 11.5 Å². The predicted octanol–water partition coefficient (Wildman–Crippen LogP) is 2.86. The van der Waals surface area contributed by atoms with E-state index in [1.54, 1.807) is 7.11 Å². The van der Waals surface area contributed by atoms with E-state index in [1.807, 2.05) is 18.2 Å². The zero-order valence-corrected chi connectivity index (χ0v) is 15.2. The maximum Gasteiger partial charge on any atom is 0.255 e. The van der Waals surface area contributed by atoms with Gasteiger partial charge in [0.25, 0.3) is 5.91 Å². The highest BCUT2D eigenvalue weighted by Gasteiger charge is 2.31. The van der Waals surface area contributed by atoms with Gasteiger partial charge in [-0.15, -0.1) is 0 Å². The first kappa shape index (κ1) is 18.6. The van der Waals surface area contributed by atoms with Crippen LogP contribution in [0.25, 0.3) is 0 Å². The molecular weight excluding hydrogens is 304 g/mol. The van der Waals surface area contributed by atoms with Crippen molar-refractivity contribution in [1.82, 2.24) is 5.32 Å². The summed E-state index contributed by atoms with van der Waals surface area (Å²) in [4.78, 5) is 10.8. The molecule has 5 nitrogen and oxygen atoms in total. The molecule has 1 amide bonds. The Morgan fingerprint density at radius 2 is 2.08 bits per heavy atom. The van der Waals surface area contributed by atoms with Gasteiger partial charge in [0.15, 0.2) is 18.1 Å². The number of carbonyl (C=O) groups is 1. The topological polar surface area (TPSA) is 73.6 Å². The number of nitrogens with two attached hydrogens (primary N) is 1. The van der Waals surface area contributed by atoms with E-state index in [4.69, 9.17) is 15.2 Å². The van der Waals surface area contributed by atoms with Crippen molar-refractivity contribution >= 4 is 5.91 Å². The smallest absolute Gasteiger partial charge is 0.255 e. The monoisotopic (exact) mass is 334 g/mol. The van der Waals surface area contributed by atoms with Gasteiger partial charge >= 0.3 is 0 Å². The van der Waals surface area contributed by atoms with Crippen LogP contribution in [0.4, 0.5) is 0 Å². The fraction of sp³-hybridized carbons (Fsp3) is 0.632. The third-order valence-electron chi connectivity index (χ3n) is 4.58. The van der Waals surface area contributed by atoms with E-state index in [2.05, 4.69) is 26.1 Å². The van der Waals surface area contributed by atoms with Crippen LogP contribution >= 0.6 is 0 Å². The number of hydrogen-bond acceptors (Lipinski definition) is 4. The van der Waals surface area contributed by atoms with Crippen molar-refractivity contribution in [2.24, 2.45) is 17.1 Å². The molecule has 0 heterocycles. The molecule has 1 fully saturated rings. The van der Waals surface area contributed by atoms with Crippen LogP contribution in [-0.2, 0) is 11.3 Å². The molecule has 3 N–H and O–H groups in total. The molecule has 0 radical (unpaired) electrons. The lowest BCUT2D eigenvalue weighted by Gasteiger charge is -2.39. The fourth-order valence-corrected chi connectivity index (χ4v) is 3.85. The highest BCUT2D eigenvalue weighted by atomic mass is 16.5. The maximum absolute atomic E-state index is 10.8. The van der Waals surface area contributed by atoms with Crippen molar-refractivity contribution in [1.29, 1.82) is 0 Å². The van der Waals surface area contributed by atoms with Crippen molar-refractivity contribution in [2.45, 2.75) is 52.6 Å². The number of ether oxygens (including phenoxy) is 2. The molecule has 0 aromatic heterocycles. The molecule has 2 atom stereocenters. The molecule has 0 spiro atoms. The van der Waals surface area contributed by atoms with E-state index in [9.17, 15) is 4.79 Å². The number of methoxy groups -OCH3 is 1. The number of benzene rings is 1. The Labute approximate surface area is 144 Å². The molecular formula is C19H30N2O3. The molecule has 1 saturated carbocycles. The van der Waals surface area contributed by atoms with Crippen molar-refractivity contribution in [3.63, 3.8) is 0 Å². The lowest BCUT2D eigenvalue weighted by atomic mass is 9.70. The second-order valence-electron chi connectivity index (χ2n) is 7.73. The molecule has 1 aliphatic rings. The van der Waals surface area contributed by atoms with Gasteiger partial charge in [0.05, 0.1) is 7.11 Å². The summed E-state index contributed by atoms with van der Waals surface area (Å²) in [6.07, 6.45) is 3.72. The van der Waals surface area contributed by atoms with Crippen molar-refractivity contribution in [2.75, 3.05) is 13.7 Å². The lowest BCUT2D eigenvalue weighted by molar-refractivity contribution is -0.119. The highest BCUT2D eigenvalue weighted by Crippen LogP contribution is 2.38. The van der Waals surface area contributed by atoms with Crippen LogP contribution in [0.15, 0.2) is 18.2 Å². The zero-order valence-electron chi connectivity index (χ0n) is 15.2. The van der Waals surface area contributed by atoms with Crippen LogP contribution in [0.1, 0.15) is 45.6 Å². The van der Waals surface area contributed by atoms with Gasteiger partial charge in [-0.1, -0.05) is 26.8 Å². The van der Waals surface area contributed by atoms with Crippen LogP contribution < -0.4 is 20.5 Å². The van der Waals surface area contributed by atoms with E-state index < -0.39 is 5.91 Å². The van der Waals surface area contributed by atoms with Gasteiger partial charge in [0.1, 0.15) is 0 Å². The molecule has 1 aromatic carbocycles. The zero-order chi connectivity index (χ0) is 17.7. The van der Waals surface area contributed by atoms with Crippen molar-refractivity contribution in [3.05, 3.63) is 23.8 Å². The Balaban J connectivity index is 1.96. The third-order valence-corrected chi connectivity index (χ3v) is 4.58. The summed E-state index contributed by atoms with van der Waals surface area (Å²) in [6, 6.07) is 6.30. The van der Waals surface area contributed by atoms with Gasteiger partial charge in [-0.25, -0.2) is 0 Å². The number of rotatable bonds is 7. The Morgan fingerprint density at radius 3 is 2.71 bits per heavy atom. The van der Waals surface area contributed by atoms with Crippen LogP contribution in [0.3, 0.4) is 0 Å². The van der Waals surface area contributed by atoms with Gasteiger partial charge in [-0.3, -0.25) is 4.79 Å². The van der Waals surface area contributed by atoms with Crippen molar-refractivity contribution < 1.29 is 14.3 Å². The first-order chi connectivity index (χ1) is 11.3. The van der Waals surface area contributed by atoms with Crippen LogP contribution in [0.2, 0.25) is 0 Å². The average Bonchev–Trinajstić information content (AvgIpc) is 2.49. The lowest BCUT2D eigenvalue weighted by Crippen LogP contribution is -2.39. The summed E-state index contributed by atoms with van der Waals surface area (Å²) in [6.45, 7) is 7.68. The fourth-order valence-electron chi connectivity index (χ4n) is 3.85. The van der Waals surface area contributed by atoms with Crippen LogP contribution in [-0.4, -0.2) is 25.7 Å². The predicted molar refractivity (Wildman–Crippen MR) is 95.1 cm³/mol. The average molecular weight is 334 g/mol. The number of amides is 1. The molecule has 24 heavy (non-hydrogen) atoms. The first-order valence-corrected chi connectivity index (χ1v) is 8.60. The minimum atomic E-state index is -0.503. The second-order valence-corrected chi connectivity index (χ2v) is 7.73. The Kier molecular flexibility index (Phi) is 6.10. The van der Waals surface area contributed by atoms with Gasteiger partial charge in [0.2, 0.25) is 0 Å². The number of carbonyl (C=O) groups excluding carboxylic acids is 1. The Hall–Kier alpha value is -1.75. The van der Waals surface area contributed by atoms with Gasteiger partial charge < -0.3 is 20.5 Å². The highest BCUT2D eigenvalue weighted by molar-refractivity contribution is 5.75. The van der Waals surface area contributed by atoms with Gasteiger partial charge in [-0.2, -0.15) is 0 Å². The Morgan fingerprint density at radius 1 is 1.33 bits per heavy atom. The standard InChI is InChI=1S/C19H30N2O3/c1-13-7-15(10-19(2,3)9-13)21-11-14-5-6-16(17(8-14)23-4)24-12-18(20)22/h5-6,8,13,15,21H,7,9-12H2,1-4H3,(H2,20,22). The largest absolute Gasteiger partial charge is 0.493 e. The third kappa shape index (κ3) is 5.41. The molecule has 2 unspecified atom stereocenters. The Bertz CT molecular complexity index is 572. The van der Waals surface area contributed by atoms with Crippen LogP contribution in [0.5, 0.6) is 11.5 Å². The van der Waals surface area contributed by atoms with E-state index in [0.29, 0.717) is 23.0 Å². The van der Waals surface area contributed by atoms with Gasteiger partial charge in [-0.05, 0) is 48.3 Å². The summed E-state index contributed by atoms with van der Waals surface area (Å²) >= 11 is 0. The van der Waals surface area contributed by atoms with E-state index in [1.165, 1.54) is 19.3 Å². The molecule has 0 bridgehead atoms. The van der Waals surface area contributed by atoms with E-state index in [0.717, 1.165) is 18.0 Å². The normalized spacial score (nSPS) is 22.8. The minimum Gasteiger partial charge on any atom is -0.493 e.